The van der Waals surface area contributed by atoms with Crippen molar-refractivity contribution in [2.24, 2.45) is 5.92 Å². The minimum absolute atomic E-state index is 0.234. The second-order valence-corrected chi connectivity index (χ2v) is 7.17. The Morgan fingerprint density at radius 3 is 2.57 bits per heavy atom. The summed E-state index contributed by atoms with van der Waals surface area (Å²) in [6.45, 7) is 8.13. The van der Waals surface area contributed by atoms with Gasteiger partial charge in [-0.25, -0.2) is 4.79 Å². The number of anilines is 1. The fraction of sp³-hybridized carbons (Fsp3) is 0.500. The Labute approximate surface area is 141 Å². The number of carbonyl (C=O) groups is 2. The lowest BCUT2D eigenvalue weighted by Gasteiger charge is -2.27. The van der Waals surface area contributed by atoms with E-state index in [1.165, 1.54) is 0 Å². The number of nitrogens with one attached hydrogen (secondary N) is 4. The first-order chi connectivity index (χ1) is 10.7. The molecule has 2 rings (SSSR count). The molecule has 1 fully saturated rings. The normalized spacial score (nSPS) is 14.8. The van der Waals surface area contributed by atoms with Gasteiger partial charge in [0.2, 0.25) is 0 Å². The Morgan fingerprint density at radius 1 is 1.30 bits per heavy atom. The Kier molecular flexibility index (Phi) is 5.49. The summed E-state index contributed by atoms with van der Waals surface area (Å²) in [7, 11) is 0. The van der Waals surface area contributed by atoms with Crippen LogP contribution in [0.1, 0.15) is 31.1 Å². The molecule has 0 bridgehead atoms. The Morgan fingerprint density at radius 2 is 2.00 bits per heavy atom. The van der Waals surface area contributed by atoms with Crippen molar-refractivity contribution < 1.29 is 9.59 Å². The highest BCUT2D eigenvalue weighted by molar-refractivity contribution is 6.34. The monoisotopic (exact) mass is 338 g/mol. The largest absolute Gasteiger partial charge is 0.352 e. The topological polar surface area (TPSA) is 82.3 Å². The zero-order chi connectivity index (χ0) is 17.0. The van der Waals surface area contributed by atoms with Gasteiger partial charge in [0.05, 0.1) is 10.6 Å². The van der Waals surface area contributed by atoms with Crippen molar-refractivity contribution in [3.05, 3.63) is 28.8 Å². The standard InChI is InChI=1S/C16H23ClN4O2/c1-16(2,3)21-15(23)20-11-4-5-13(17)12(6-11)14(22)19-9-10-7-18-8-10/h4-6,10,18H,7-9H2,1-3H3,(H,19,22)(H2,20,21,23). The molecule has 1 aromatic rings. The van der Waals surface area contributed by atoms with Gasteiger partial charge in [-0.3, -0.25) is 4.79 Å². The molecule has 0 spiro atoms. The summed E-state index contributed by atoms with van der Waals surface area (Å²) in [5.74, 6) is 0.235. The van der Waals surface area contributed by atoms with Crippen LogP contribution in [0.2, 0.25) is 5.02 Å². The van der Waals surface area contributed by atoms with Crippen LogP contribution in [0.15, 0.2) is 18.2 Å². The van der Waals surface area contributed by atoms with Gasteiger partial charge in [-0.1, -0.05) is 11.6 Å². The Hall–Kier alpha value is -1.79. The first-order valence-electron chi connectivity index (χ1n) is 7.62. The zero-order valence-electron chi connectivity index (χ0n) is 13.6. The highest BCUT2D eigenvalue weighted by Crippen LogP contribution is 2.21. The molecule has 1 saturated heterocycles. The van der Waals surface area contributed by atoms with Crippen molar-refractivity contribution in [2.75, 3.05) is 25.0 Å². The molecule has 0 aliphatic carbocycles. The number of urea groups is 1. The van der Waals surface area contributed by atoms with E-state index < -0.39 is 0 Å². The second-order valence-electron chi connectivity index (χ2n) is 6.76. The smallest absolute Gasteiger partial charge is 0.319 e. The van der Waals surface area contributed by atoms with Crippen LogP contribution in [0.4, 0.5) is 10.5 Å². The van der Waals surface area contributed by atoms with Crippen LogP contribution in [0.25, 0.3) is 0 Å². The van der Waals surface area contributed by atoms with Crippen LogP contribution in [0.5, 0.6) is 0 Å². The summed E-state index contributed by atoms with van der Waals surface area (Å²) < 4.78 is 0. The summed E-state index contributed by atoms with van der Waals surface area (Å²) in [6, 6.07) is 4.52. The van der Waals surface area contributed by atoms with Gasteiger partial charge in [0.25, 0.3) is 5.91 Å². The molecule has 7 heteroatoms. The minimum atomic E-state index is -0.340. The molecule has 1 aromatic carbocycles. The van der Waals surface area contributed by atoms with E-state index in [1.54, 1.807) is 18.2 Å². The van der Waals surface area contributed by atoms with E-state index in [0.29, 0.717) is 28.7 Å². The summed E-state index contributed by atoms with van der Waals surface area (Å²) in [4.78, 5) is 24.1. The van der Waals surface area contributed by atoms with E-state index in [-0.39, 0.29) is 17.5 Å². The van der Waals surface area contributed by atoms with E-state index >= 15 is 0 Å². The zero-order valence-corrected chi connectivity index (χ0v) is 14.4. The maximum atomic E-state index is 12.2. The predicted octanol–water partition coefficient (Wildman–Crippen LogP) is 2.21. The third kappa shape index (κ3) is 5.41. The van der Waals surface area contributed by atoms with Gasteiger partial charge in [0, 0.05) is 36.8 Å². The molecule has 3 amide bonds. The second kappa shape index (κ2) is 7.19. The average Bonchev–Trinajstić information content (AvgIpc) is 2.36. The van der Waals surface area contributed by atoms with Crippen molar-refractivity contribution >= 4 is 29.2 Å². The third-order valence-electron chi connectivity index (χ3n) is 3.37. The van der Waals surface area contributed by atoms with E-state index in [9.17, 15) is 9.59 Å². The van der Waals surface area contributed by atoms with Crippen molar-refractivity contribution in [3.63, 3.8) is 0 Å². The fourth-order valence-corrected chi connectivity index (χ4v) is 2.31. The van der Waals surface area contributed by atoms with E-state index in [1.807, 2.05) is 20.8 Å². The van der Waals surface area contributed by atoms with Crippen molar-refractivity contribution in [3.8, 4) is 0 Å². The summed E-state index contributed by atoms with van der Waals surface area (Å²) >= 11 is 6.10. The first kappa shape index (κ1) is 17.6. The number of benzene rings is 1. The van der Waals surface area contributed by atoms with Gasteiger partial charge < -0.3 is 21.3 Å². The van der Waals surface area contributed by atoms with Crippen LogP contribution in [0, 0.1) is 5.92 Å². The summed E-state index contributed by atoms with van der Waals surface area (Å²) in [6.07, 6.45) is 0. The molecule has 0 radical (unpaired) electrons. The molecule has 0 atom stereocenters. The molecular formula is C16H23ClN4O2. The summed E-state index contributed by atoms with van der Waals surface area (Å²) in [5.41, 5.74) is 0.534. The van der Waals surface area contributed by atoms with Crippen LogP contribution in [-0.2, 0) is 0 Å². The first-order valence-corrected chi connectivity index (χ1v) is 8.00. The minimum Gasteiger partial charge on any atom is -0.352 e. The molecule has 6 nitrogen and oxygen atoms in total. The van der Waals surface area contributed by atoms with Gasteiger partial charge in [0.1, 0.15) is 0 Å². The number of hydrogen-bond donors (Lipinski definition) is 4. The van der Waals surface area contributed by atoms with Gasteiger partial charge >= 0.3 is 6.03 Å². The van der Waals surface area contributed by atoms with Crippen LogP contribution < -0.4 is 21.3 Å². The molecule has 0 unspecified atom stereocenters. The lowest BCUT2D eigenvalue weighted by atomic mass is 10.0. The highest BCUT2D eigenvalue weighted by atomic mass is 35.5. The van der Waals surface area contributed by atoms with Crippen LogP contribution >= 0.6 is 11.6 Å². The van der Waals surface area contributed by atoms with Crippen molar-refractivity contribution in [1.29, 1.82) is 0 Å². The predicted molar refractivity (Wildman–Crippen MR) is 92.1 cm³/mol. The quantitative estimate of drug-likeness (QED) is 0.679. The maximum absolute atomic E-state index is 12.2. The lowest BCUT2D eigenvalue weighted by molar-refractivity contribution is 0.0942. The van der Waals surface area contributed by atoms with Crippen LogP contribution in [-0.4, -0.2) is 37.1 Å². The molecule has 1 aliphatic heterocycles. The van der Waals surface area contributed by atoms with E-state index in [2.05, 4.69) is 21.3 Å². The summed E-state index contributed by atoms with van der Waals surface area (Å²) in [5, 5.41) is 11.9. The molecule has 0 saturated carbocycles. The van der Waals surface area contributed by atoms with Gasteiger partial charge in [-0.15, -0.1) is 0 Å². The van der Waals surface area contributed by atoms with Crippen molar-refractivity contribution in [1.82, 2.24) is 16.0 Å². The molecule has 0 aromatic heterocycles. The number of amides is 3. The average molecular weight is 339 g/mol. The van der Waals surface area contributed by atoms with Crippen LogP contribution in [0.3, 0.4) is 0 Å². The number of carbonyl (C=O) groups excluding carboxylic acids is 2. The Balaban J connectivity index is 1.99. The number of rotatable bonds is 4. The molecule has 1 heterocycles. The molecule has 126 valence electrons. The number of halogens is 1. The fourth-order valence-electron chi connectivity index (χ4n) is 2.11. The Bertz CT molecular complexity index is 594. The third-order valence-corrected chi connectivity index (χ3v) is 3.70. The lowest BCUT2D eigenvalue weighted by Crippen LogP contribution is -2.48. The SMILES string of the molecule is CC(C)(C)NC(=O)Nc1ccc(Cl)c(C(=O)NCC2CNC2)c1. The van der Waals surface area contributed by atoms with Gasteiger partial charge in [-0.2, -0.15) is 0 Å². The highest BCUT2D eigenvalue weighted by Gasteiger charge is 2.19. The number of hydrogen-bond acceptors (Lipinski definition) is 3. The molecule has 23 heavy (non-hydrogen) atoms. The molecule has 4 N–H and O–H groups in total. The van der Waals surface area contributed by atoms with Crippen molar-refractivity contribution in [2.45, 2.75) is 26.3 Å². The van der Waals surface area contributed by atoms with E-state index in [0.717, 1.165) is 13.1 Å². The maximum Gasteiger partial charge on any atom is 0.319 e. The van der Waals surface area contributed by atoms with E-state index in [4.69, 9.17) is 11.6 Å². The molecule has 1 aliphatic rings. The molecular weight excluding hydrogens is 316 g/mol. The van der Waals surface area contributed by atoms with Gasteiger partial charge in [-0.05, 0) is 39.0 Å². The van der Waals surface area contributed by atoms with Gasteiger partial charge in [0.15, 0.2) is 0 Å².